The van der Waals surface area contributed by atoms with Crippen molar-refractivity contribution in [1.29, 1.82) is 0 Å². The Kier molecular flexibility index (Phi) is 13.7. The minimum Gasteiger partial charge on any atom is -0.469 e. The van der Waals surface area contributed by atoms with Crippen LogP contribution in [0.4, 0.5) is 0 Å². The Labute approximate surface area is 328 Å². The van der Waals surface area contributed by atoms with Gasteiger partial charge in [-0.2, -0.15) is 0 Å². The van der Waals surface area contributed by atoms with E-state index in [9.17, 15) is 9.59 Å². The molecule has 0 radical (unpaired) electrons. The summed E-state index contributed by atoms with van der Waals surface area (Å²) >= 11 is 0. The Hall–Kier alpha value is -0.860. The average Bonchev–Trinajstić information content (AvgIpc) is 3.11. The zero-order valence-electron chi connectivity index (χ0n) is 36.8. The molecule has 3 nitrogen and oxygen atoms in total. The number of methoxy groups -OCH3 is 1. The van der Waals surface area contributed by atoms with Crippen molar-refractivity contribution in [3.8, 4) is 0 Å². The predicted octanol–water partition coefficient (Wildman–Crippen LogP) is 13.0. The molecule has 6 saturated carbocycles. The Morgan fingerprint density at radius 2 is 0.566 bits per heavy atom. The number of hydrogen-bond acceptors (Lipinski definition) is 3. The standard InChI is InChI=1S/C50H86O3/c1-27-17-38(37(11)51)13-15-40(27)42-19-31(5)44(21-29(42)3)46-23-35(9)48(25-33(46)7)49-26-34(8)47(24-36(49)10)45-22-30(4)43(20-32(45)6)41-16-14-39(18-28(41)2)50(52)53-12/h27-36,38-49H,13-26H2,1-12H3. The second-order valence-electron chi connectivity index (χ2n) is 22.5. The molecule has 0 spiro atoms. The van der Waals surface area contributed by atoms with E-state index in [-0.39, 0.29) is 11.9 Å². The normalized spacial score (nSPS) is 52.8. The summed E-state index contributed by atoms with van der Waals surface area (Å²) in [7, 11) is 1.56. The Morgan fingerprint density at radius 3 is 0.811 bits per heavy atom. The van der Waals surface area contributed by atoms with E-state index in [0.717, 1.165) is 132 Å². The first kappa shape index (κ1) is 41.8. The molecule has 6 rings (SSSR count). The highest BCUT2D eigenvalue weighted by Gasteiger charge is 2.50. The van der Waals surface area contributed by atoms with Crippen molar-refractivity contribution >= 4 is 11.8 Å². The van der Waals surface area contributed by atoms with Crippen molar-refractivity contribution < 1.29 is 14.3 Å². The van der Waals surface area contributed by atoms with Crippen molar-refractivity contribution in [2.24, 2.45) is 130 Å². The van der Waals surface area contributed by atoms with Gasteiger partial charge in [0.2, 0.25) is 0 Å². The van der Waals surface area contributed by atoms with E-state index in [1.165, 1.54) is 64.2 Å². The van der Waals surface area contributed by atoms with Crippen molar-refractivity contribution in [3.63, 3.8) is 0 Å². The summed E-state index contributed by atoms with van der Waals surface area (Å²) in [6, 6.07) is 0. The van der Waals surface area contributed by atoms with Crippen LogP contribution in [0.1, 0.15) is 166 Å². The van der Waals surface area contributed by atoms with Crippen molar-refractivity contribution in [2.45, 2.75) is 166 Å². The third-order valence-electron chi connectivity index (χ3n) is 19.3. The fourth-order valence-corrected chi connectivity index (χ4v) is 16.3. The van der Waals surface area contributed by atoms with Crippen LogP contribution < -0.4 is 0 Å². The molecule has 6 aliphatic carbocycles. The number of Topliss-reactive ketones (excluding diaryl/α,β-unsaturated/α-hetero) is 1. The van der Waals surface area contributed by atoms with Gasteiger partial charge in [0.25, 0.3) is 0 Å². The van der Waals surface area contributed by atoms with Crippen LogP contribution in [0, 0.1) is 130 Å². The lowest BCUT2D eigenvalue weighted by Crippen LogP contribution is -2.47. The highest BCUT2D eigenvalue weighted by Crippen LogP contribution is 2.58. The molecule has 0 saturated heterocycles. The van der Waals surface area contributed by atoms with Gasteiger partial charge in [0, 0.05) is 5.92 Å². The van der Waals surface area contributed by atoms with E-state index in [4.69, 9.17) is 4.74 Å². The predicted molar refractivity (Wildman–Crippen MR) is 221 cm³/mol. The van der Waals surface area contributed by atoms with Crippen LogP contribution in [0.2, 0.25) is 0 Å². The maximum absolute atomic E-state index is 12.3. The summed E-state index contributed by atoms with van der Waals surface area (Å²) in [6.07, 6.45) is 18.4. The number of carbonyl (C=O) groups is 2. The highest BCUT2D eigenvalue weighted by atomic mass is 16.5. The van der Waals surface area contributed by atoms with Crippen LogP contribution in [0.25, 0.3) is 0 Å². The van der Waals surface area contributed by atoms with Gasteiger partial charge in [0.1, 0.15) is 5.78 Å². The first-order chi connectivity index (χ1) is 25.1. The second kappa shape index (κ2) is 17.3. The molecule has 0 N–H and O–H groups in total. The average molecular weight is 735 g/mol. The molecule has 0 bridgehead atoms. The quantitative estimate of drug-likeness (QED) is 0.245. The molecule has 0 aliphatic heterocycles. The molecule has 6 aliphatic rings. The number of carbonyl (C=O) groups excluding carboxylic acids is 2. The SMILES string of the molecule is COC(=O)C1CCC(C2CC(C)C(C3CC(C)C(C4CC(C)C(C5CC(C)C(C6CCC(C(C)=O)CC6C)CC5C)CC4C)CC3C)CC2C)C(C)C1. The fourth-order valence-electron chi connectivity index (χ4n) is 16.3. The number of ether oxygens (including phenoxy) is 1. The van der Waals surface area contributed by atoms with Crippen LogP contribution in [0.5, 0.6) is 0 Å². The summed E-state index contributed by atoms with van der Waals surface area (Å²) in [5.74, 6) is 17.7. The molecule has 0 amide bonds. The van der Waals surface area contributed by atoms with Gasteiger partial charge in [-0.1, -0.05) is 69.2 Å². The number of hydrogen-bond donors (Lipinski definition) is 0. The van der Waals surface area contributed by atoms with E-state index in [1.54, 1.807) is 7.11 Å². The summed E-state index contributed by atoms with van der Waals surface area (Å²) in [5, 5.41) is 0. The summed E-state index contributed by atoms with van der Waals surface area (Å²) in [4.78, 5) is 24.5. The van der Waals surface area contributed by atoms with Gasteiger partial charge in [0.05, 0.1) is 13.0 Å². The summed E-state index contributed by atoms with van der Waals surface area (Å²) in [6.45, 7) is 27.9. The van der Waals surface area contributed by atoms with Gasteiger partial charge < -0.3 is 4.74 Å². The zero-order chi connectivity index (χ0) is 38.5. The van der Waals surface area contributed by atoms with Gasteiger partial charge in [-0.05, 0) is 215 Å². The lowest BCUT2D eigenvalue weighted by Gasteiger charge is -2.54. The monoisotopic (exact) mass is 735 g/mol. The van der Waals surface area contributed by atoms with Crippen LogP contribution in [-0.4, -0.2) is 18.9 Å². The minimum atomic E-state index is 0.0221. The van der Waals surface area contributed by atoms with E-state index in [2.05, 4.69) is 69.2 Å². The van der Waals surface area contributed by atoms with Crippen LogP contribution in [-0.2, 0) is 14.3 Å². The largest absolute Gasteiger partial charge is 0.469 e. The van der Waals surface area contributed by atoms with Gasteiger partial charge in [0.15, 0.2) is 0 Å². The molecule has 22 unspecified atom stereocenters. The number of ketones is 1. The Bertz CT molecular complexity index is 1220. The Balaban J connectivity index is 1.02. The Morgan fingerprint density at radius 1 is 0.340 bits per heavy atom. The third-order valence-corrected chi connectivity index (χ3v) is 19.3. The number of rotatable bonds is 7. The van der Waals surface area contributed by atoms with E-state index < -0.39 is 0 Å². The van der Waals surface area contributed by atoms with Gasteiger partial charge in [-0.15, -0.1) is 0 Å². The lowest BCUT2D eigenvalue weighted by molar-refractivity contribution is -0.148. The first-order valence-electron chi connectivity index (χ1n) is 23.7. The van der Waals surface area contributed by atoms with Crippen molar-refractivity contribution in [2.75, 3.05) is 7.11 Å². The molecular formula is C50H86O3. The van der Waals surface area contributed by atoms with E-state index in [1.807, 2.05) is 6.92 Å². The maximum atomic E-state index is 12.3. The zero-order valence-corrected chi connectivity index (χ0v) is 36.8. The van der Waals surface area contributed by atoms with Crippen molar-refractivity contribution in [1.82, 2.24) is 0 Å². The van der Waals surface area contributed by atoms with Gasteiger partial charge in [-0.25, -0.2) is 0 Å². The third kappa shape index (κ3) is 8.70. The van der Waals surface area contributed by atoms with Gasteiger partial charge >= 0.3 is 5.97 Å². The maximum Gasteiger partial charge on any atom is 0.308 e. The summed E-state index contributed by atoms with van der Waals surface area (Å²) in [5.41, 5.74) is 0. The fraction of sp³-hybridized carbons (Fsp3) is 0.960. The van der Waals surface area contributed by atoms with Crippen LogP contribution >= 0.6 is 0 Å². The van der Waals surface area contributed by atoms with Crippen LogP contribution in [0.3, 0.4) is 0 Å². The molecule has 6 fully saturated rings. The molecule has 304 valence electrons. The lowest BCUT2D eigenvalue weighted by atomic mass is 9.51. The molecule has 0 aromatic heterocycles. The van der Waals surface area contributed by atoms with Crippen LogP contribution in [0.15, 0.2) is 0 Å². The highest BCUT2D eigenvalue weighted by molar-refractivity contribution is 5.78. The molecule has 0 aromatic rings. The molecule has 0 aromatic carbocycles. The molecule has 22 atom stereocenters. The first-order valence-corrected chi connectivity index (χ1v) is 23.7. The van der Waals surface area contributed by atoms with Gasteiger partial charge in [-0.3, -0.25) is 9.59 Å². The topological polar surface area (TPSA) is 43.4 Å². The molecule has 3 heteroatoms. The smallest absolute Gasteiger partial charge is 0.308 e. The molecule has 53 heavy (non-hydrogen) atoms. The number of esters is 1. The molecular weight excluding hydrogens is 649 g/mol. The summed E-state index contributed by atoms with van der Waals surface area (Å²) < 4.78 is 5.14. The second-order valence-corrected chi connectivity index (χ2v) is 22.5. The molecule has 0 heterocycles. The van der Waals surface area contributed by atoms with E-state index >= 15 is 0 Å². The minimum absolute atomic E-state index is 0.0221. The van der Waals surface area contributed by atoms with Crippen molar-refractivity contribution in [3.05, 3.63) is 0 Å². The van der Waals surface area contributed by atoms with E-state index in [0.29, 0.717) is 23.5 Å².